The molecule has 0 rings (SSSR count). The molecule has 0 aliphatic carbocycles. The maximum atomic E-state index is 6.25. The predicted octanol–water partition coefficient (Wildman–Crippen LogP) is 0.850. The van der Waals surface area contributed by atoms with Crippen molar-refractivity contribution < 1.29 is 65.2 Å². The third-order valence-electron chi connectivity index (χ3n) is 0.492. The van der Waals surface area contributed by atoms with Crippen molar-refractivity contribution in [3.63, 3.8) is 0 Å². The smallest absolute Gasteiger partial charge is 0.512 e. The van der Waals surface area contributed by atoms with E-state index in [2.05, 4.69) is 9.47 Å². The Bertz CT molecular complexity index is 157. The van der Waals surface area contributed by atoms with Gasteiger partial charge in [0.1, 0.15) is 0 Å². The zero-order chi connectivity index (χ0) is 16.8. The van der Waals surface area contributed by atoms with E-state index >= 15 is 0 Å². The summed E-state index contributed by atoms with van der Waals surface area (Å²) in [5, 5.41) is 37.5. The van der Waals surface area contributed by atoms with Crippen molar-refractivity contribution in [1.29, 1.82) is 31.6 Å². The Hall–Kier alpha value is -1.39. The quantitative estimate of drug-likeness (QED) is 0.358. The molecule has 0 saturated heterocycles. The van der Waals surface area contributed by atoms with E-state index in [-0.39, 0.29) is 55.7 Å². The van der Waals surface area contributed by atoms with E-state index in [1.807, 2.05) is 0 Å². The summed E-state index contributed by atoms with van der Waals surface area (Å²) in [7, 11) is 3.30. The largest absolute Gasteiger partial charge is 2.00 e. The van der Waals surface area contributed by atoms with Crippen LogP contribution >= 0.6 is 0 Å². The molecule has 0 fully saturated rings. The first-order chi connectivity index (χ1) is 8.91. The number of rotatable bonds is 3. The third-order valence-corrected chi connectivity index (χ3v) is 0.492. The van der Waals surface area contributed by atoms with E-state index in [1.165, 1.54) is 0 Å². The van der Waals surface area contributed by atoms with Crippen molar-refractivity contribution in [3.05, 3.63) is 39.4 Å². The summed E-state index contributed by atoms with van der Waals surface area (Å²) < 4.78 is 9.31. The van der Waals surface area contributed by atoms with Gasteiger partial charge in [0.2, 0.25) is 0 Å². The molecule has 8 nitrogen and oxygen atoms in total. The monoisotopic (exact) mass is 433 g/mol. The minimum Gasteiger partial charge on any atom is -0.512 e. The van der Waals surface area contributed by atoms with Gasteiger partial charge >= 0.3 is 55.7 Å². The normalized spacial score (nSPS) is 3.14. The Kier molecular flexibility index (Phi) is 2960. The Morgan fingerprint density at radius 3 is 0.667 bits per heavy atom. The van der Waals surface area contributed by atoms with E-state index in [4.69, 9.17) is 71.0 Å². The van der Waals surface area contributed by atoms with Crippen LogP contribution in [-0.2, 0) is 65.2 Å². The Morgan fingerprint density at radius 1 is 0.524 bits per heavy atom. The van der Waals surface area contributed by atoms with Crippen molar-refractivity contribution in [2.45, 2.75) is 0 Å². The van der Waals surface area contributed by atoms with Gasteiger partial charge in [0.05, 0.1) is 13.2 Å². The van der Waals surface area contributed by atoms with E-state index < -0.39 is 0 Å². The molecule has 0 spiro atoms. The average Bonchev–Trinajstić information content (AvgIpc) is 2.57. The van der Waals surface area contributed by atoms with Crippen molar-refractivity contribution in [2.24, 2.45) is 0 Å². The number of hydrogen-bond acceptors (Lipinski definition) is 8. The van der Waals surface area contributed by atoms with Gasteiger partial charge in [-0.05, 0) is 0 Å². The molecule has 11 heteroatoms. The van der Waals surface area contributed by atoms with Crippen LogP contribution in [0.3, 0.4) is 0 Å². The summed E-state index contributed by atoms with van der Waals surface area (Å²) in [5.41, 5.74) is 0. The molecule has 0 atom stereocenters. The molecule has 0 unspecified atom stereocenters. The molecule has 0 bridgehead atoms. The van der Waals surface area contributed by atoms with Crippen LogP contribution in [0.2, 0.25) is 0 Å². The van der Waals surface area contributed by atoms with Crippen LogP contribution in [0.4, 0.5) is 0 Å². The van der Waals surface area contributed by atoms with Gasteiger partial charge in [0.15, 0.2) is 0 Å². The fraction of sp³-hybridized carbons (Fsp3) is 0.400. The van der Waals surface area contributed by atoms with Crippen LogP contribution < -0.4 is 0 Å². The molecule has 0 aromatic carbocycles. The zero-order valence-electron chi connectivity index (χ0n) is 11.7. The van der Waals surface area contributed by atoms with Gasteiger partial charge in [0.25, 0.3) is 0 Å². The maximum absolute atomic E-state index is 6.25. The van der Waals surface area contributed by atoms with Gasteiger partial charge in [-0.25, -0.2) is 0 Å². The minimum atomic E-state index is 0. The second-order valence-corrected chi connectivity index (χ2v) is 0.986. The van der Waals surface area contributed by atoms with Crippen molar-refractivity contribution in [2.75, 3.05) is 27.4 Å². The summed E-state index contributed by atoms with van der Waals surface area (Å²) in [6.45, 7) is 29.9. The summed E-state index contributed by atoms with van der Waals surface area (Å²) >= 11 is 0. The third kappa shape index (κ3) is 1970. The summed E-state index contributed by atoms with van der Waals surface area (Å²) in [4.78, 5) is 0. The van der Waals surface area contributed by atoms with Gasteiger partial charge in [0, 0.05) is 14.2 Å². The van der Waals surface area contributed by atoms with Gasteiger partial charge in [-0.2, -0.15) is 0 Å². The number of methoxy groups -OCH3 is 2. The van der Waals surface area contributed by atoms with Crippen LogP contribution in [0.1, 0.15) is 0 Å². The minimum absolute atomic E-state index is 0. The molecule has 0 aliphatic heterocycles. The molecule has 21 heavy (non-hydrogen) atoms. The van der Waals surface area contributed by atoms with Crippen molar-refractivity contribution >= 4 is 0 Å². The maximum Gasteiger partial charge on any atom is 2.00 e. The Balaban J connectivity index is -0.00000000893. The van der Waals surface area contributed by atoms with Gasteiger partial charge in [-0.1, -0.05) is 0 Å². The second kappa shape index (κ2) is 846. The molecule has 0 aromatic rings. The topological polar surface area (TPSA) is 161 Å². The molecule has 0 aliphatic rings. The van der Waals surface area contributed by atoms with E-state index in [0.717, 1.165) is 0 Å². The Labute approximate surface area is 163 Å². The standard InChI is InChI=1S/C4H10O2.6CN.Co.2Zn/c1-5-3-4-6-2;6*1-2;;;/h3-4H2,1-2H3;;;;;;;;;/q;6*-1;3*+2. The van der Waals surface area contributed by atoms with Crippen molar-refractivity contribution in [1.82, 2.24) is 0 Å². The average molecular weight is 436 g/mol. The van der Waals surface area contributed by atoms with Crippen LogP contribution in [0.5, 0.6) is 0 Å². The van der Waals surface area contributed by atoms with E-state index in [0.29, 0.717) is 13.2 Å². The number of nitrogens with zero attached hydrogens (tertiary/aromatic N) is 6. The zero-order valence-corrected chi connectivity index (χ0v) is 18.6. The molecule has 1 radical (unpaired) electrons. The first-order valence-corrected chi connectivity index (χ1v) is 3.24. The van der Waals surface area contributed by atoms with Crippen molar-refractivity contribution in [3.8, 4) is 0 Å². The molecule has 0 amide bonds. The van der Waals surface area contributed by atoms with Gasteiger partial charge < -0.3 is 80.5 Å². The van der Waals surface area contributed by atoms with Crippen LogP contribution in [0.25, 0.3) is 0 Å². The van der Waals surface area contributed by atoms with Gasteiger partial charge in [-0.3, -0.25) is 0 Å². The van der Waals surface area contributed by atoms with E-state index in [9.17, 15) is 0 Å². The van der Waals surface area contributed by atoms with Crippen LogP contribution in [0, 0.1) is 71.0 Å². The molecular formula is C10H10CoN6O2Zn2. The summed E-state index contributed by atoms with van der Waals surface area (Å²) in [6, 6.07) is 0. The van der Waals surface area contributed by atoms with Crippen LogP contribution in [-0.4, -0.2) is 27.4 Å². The molecule has 0 N–H and O–H groups in total. The Morgan fingerprint density at radius 2 is 0.619 bits per heavy atom. The number of ether oxygens (including phenoxy) is 2. The first-order valence-electron chi connectivity index (χ1n) is 3.24. The molecule has 105 valence electrons. The predicted molar refractivity (Wildman–Crippen MR) is 53.6 cm³/mol. The SMILES string of the molecule is COCCOC.[C-]#N.[C-]#N.[C-]#N.[C-]#N.[C-]#N.[C-]#N.[Co+2].[Zn+2].[Zn+2]. The number of hydrogen-bond donors (Lipinski definition) is 0. The fourth-order valence-corrected chi connectivity index (χ4v) is 0.167. The molecule has 0 saturated carbocycles. The molecule has 0 heterocycles. The second-order valence-electron chi connectivity index (χ2n) is 0.986. The van der Waals surface area contributed by atoms with Gasteiger partial charge in [-0.15, -0.1) is 0 Å². The molecular weight excluding hydrogens is 426 g/mol. The summed E-state index contributed by atoms with van der Waals surface area (Å²) in [5.74, 6) is 0. The first kappa shape index (κ1) is 73.5. The summed E-state index contributed by atoms with van der Waals surface area (Å²) in [6.07, 6.45) is 0. The van der Waals surface area contributed by atoms with E-state index in [1.54, 1.807) is 14.2 Å². The fourth-order valence-electron chi connectivity index (χ4n) is 0.167. The molecule has 0 aromatic heterocycles. The van der Waals surface area contributed by atoms with Crippen LogP contribution in [0.15, 0.2) is 0 Å².